The van der Waals surface area contributed by atoms with Gasteiger partial charge < -0.3 is 4.18 Å². The topological polar surface area (TPSA) is 86.5 Å². The molecule has 0 aliphatic heterocycles. The molecule has 0 radical (unpaired) electrons. The third-order valence-electron chi connectivity index (χ3n) is 2.10. The van der Waals surface area contributed by atoms with Gasteiger partial charge in [-0.3, -0.25) is 10.1 Å². The standard InChI is InChI=1S/C10H8F3NO5S/c1-2-3-7-6-8(14(15)16)4-5-9(7)19-20(17,18)10(11,12)13/h2,4-6H,1,3H2. The van der Waals surface area contributed by atoms with E-state index in [-0.39, 0.29) is 12.0 Å². The smallest absolute Gasteiger partial charge is 0.376 e. The van der Waals surface area contributed by atoms with E-state index < -0.39 is 32.0 Å². The molecule has 6 nitrogen and oxygen atoms in total. The molecule has 0 heterocycles. The van der Waals surface area contributed by atoms with Crippen LogP contribution >= 0.6 is 0 Å². The summed E-state index contributed by atoms with van der Waals surface area (Å²) >= 11 is 0. The van der Waals surface area contributed by atoms with Gasteiger partial charge in [-0.2, -0.15) is 21.6 Å². The molecule has 0 aliphatic rings. The van der Waals surface area contributed by atoms with Crippen LogP contribution in [0.1, 0.15) is 5.56 Å². The molecular formula is C10H8F3NO5S. The number of benzene rings is 1. The number of non-ortho nitro benzene ring substituents is 1. The van der Waals surface area contributed by atoms with Crippen LogP contribution in [0.15, 0.2) is 30.9 Å². The van der Waals surface area contributed by atoms with Crippen molar-refractivity contribution < 1.29 is 30.7 Å². The molecule has 0 spiro atoms. The highest BCUT2D eigenvalue weighted by Gasteiger charge is 2.48. The van der Waals surface area contributed by atoms with Gasteiger partial charge in [0.05, 0.1) is 4.92 Å². The van der Waals surface area contributed by atoms with E-state index in [1.807, 2.05) is 0 Å². The second kappa shape index (κ2) is 5.49. The summed E-state index contributed by atoms with van der Waals surface area (Å²) in [5.41, 5.74) is -6.08. The van der Waals surface area contributed by atoms with Gasteiger partial charge in [-0.25, -0.2) is 0 Å². The lowest BCUT2D eigenvalue weighted by Gasteiger charge is -2.12. The molecule has 0 atom stereocenters. The number of hydrogen-bond donors (Lipinski definition) is 0. The molecule has 0 amide bonds. The first-order valence-corrected chi connectivity index (χ1v) is 6.38. The molecule has 0 aliphatic carbocycles. The summed E-state index contributed by atoms with van der Waals surface area (Å²) in [5, 5.41) is 10.6. The van der Waals surface area contributed by atoms with E-state index in [2.05, 4.69) is 10.8 Å². The maximum Gasteiger partial charge on any atom is 0.534 e. The van der Waals surface area contributed by atoms with Gasteiger partial charge in [0, 0.05) is 17.7 Å². The highest BCUT2D eigenvalue weighted by molar-refractivity contribution is 7.88. The number of hydrogen-bond acceptors (Lipinski definition) is 5. The number of halogens is 3. The Kier molecular flexibility index (Phi) is 4.38. The van der Waals surface area contributed by atoms with Gasteiger partial charge in [0.1, 0.15) is 5.75 Å². The third kappa shape index (κ3) is 3.47. The van der Waals surface area contributed by atoms with E-state index >= 15 is 0 Å². The van der Waals surface area contributed by atoms with Crippen molar-refractivity contribution in [1.29, 1.82) is 0 Å². The van der Waals surface area contributed by atoms with Gasteiger partial charge in [0.2, 0.25) is 0 Å². The molecule has 110 valence electrons. The molecular weight excluding hydrogens is 303 g/mol. The average Bonchev–Trinajstić information content (AvgIpc) is 2.29. The predicted molar refractivity (Wildman–Crippen MR) is 62.6 cm³/mol. The van der Waals surface area contributed by atoms with Crippen LogP contribution in [0.25, 0.3) is 0 Å². The summed E-state index contributed by atoms with van der Waals surface area (Å²) in [6, 6.07) is 2.55. The van der Waals surface area contributed by atoms with Crippen molar-refractivity contribution in [2.75, 3.05) is 0 Å². The second-order valence-corrected chi connectivity index (χ2v) is 5.06. The highest BCUT2D eigenvalue weighted by atomic mass is 32.2. The molecule has 0 saturated heterocycles. The van der Waals surface area contributed by atoms with E-state index in [1.54, 1.807) is 0 Å². The van der Waals surface area contributed by atoms with Gasteiger partial charge in [-0.05, 0) is 12.5 Å². The van der Waals surface area contributed by atoms with E-state index in [0.29, 0.717) is 0 Å². The molecule has 1 rings (SSSR count). The molecule has 0 saturated carbocycles. The number of rotatable bonds is 5. The molecule has 0 bridgehead atoms. The zero-order valence-electron chi connectivity index (χ0n) is 9.75. The summed E-state index contributed by atoms with van der Waals surface area (Å²) in [6.45, 7) is 3.32. The van der Waals surface area contributed by atoms with Crippen molar-refractivity contribution in [2.45, 2.75) is 11.9 Å². The normalized spacial score (nSPS) is 11.9. The van der Waals surface area contributed by atoms with Gasteiger partial charge >= 0.3 is 15.6 Å². The molecule has 1 aromatic carbocycles. The van der Waals surface area contributed by atoms with Gasteiger partial charge in [-0.1, -0.05) is 6.08 Å². The van der Waals surface area contributed by atoms with Gasteiger partial charge in [-0.15, -0.1) is 6.58 Å². The summed E-state index contributed by atoms with van der Waals surface area (Å²) < 4.78 is 62.3. The van der Waals surface area contributed by atoms with E-state index in [4.69, 9.17) is 0 Å². The molecule has 0 N–H and O–H groups in total. The Hall–Kier alpha value is -2.10. The Morgan fingerprint density at radius 2 is 2.00 bits per heavy atom. The van der Waals surface area contributed by atoms with Crippen molar-refractivity contribution in [2.24, 2.45) is 0 Å². The summed E-state index contributed by atoms with van der Waals surface area (Å²) in [7, 11) is -5.83. The minimum Gasteiger partial charge on any atom is -0.376 e. The van der Waals surface area contributed by atoms with Crippen molar-refractivity contribution in [3.05, 3.63) is 46.5 Å². The predicted octanol–water partition coefficient (Wildman–Crippen LogP) is 2.55. The highest BCUT2D eigenvalue weighted by Crippen LogP contribution is 2.31. The van der Waals surface area contributed by atoms with Crippen LogP contribution in [-0.4, -0.2) is 18.8 Å². The monoisotopic (exact) mass is 311 g/mol. The Morgan fingerprint density at radius 3 is 2.45 bits per heavy atom. The molecule has 0 unspecified atom stereocenters. The second-order valence-electron chi connectivity index (χ2n) is 3.53. The SMILES string of the molecule is C=CCc1cc([N+](=O)[O-])ccc1OS(=O)(=O)C(F)(F)F. The lowest BCUT2D eigenvalue weighted by Crippen LogP contribution is -2.28. The Labute approximate surface area is 111 Å². The molecule has 0 aromatic heterocycles. The molecule has 10 heteroatoms. The maximum atomic E-state index is 12.2. The summed E-state index contributed by atoms with van der Waals surface area (Å²) in [5.74, 6) is -0.632. The van der Waals surface area contributed by atoms with E-state index in [9.17, 15) is 31.7 Å². The zero-order valence-corrected chi connectivity index (χ0v) is 10.6. The minimum absolute atomic E-state index is 0.0929. The van der Waals surface area contributed by atoms with Crippen molar-refractivity contribution >= 4 is 15.8 Å². The van der Waals surface area contributed by atoms with Crippen LogP contribution < -0.4 is 4.18 Å². The molecule has 0 fully saturated rings. The van der Waals surface area contributed by atoms with Crippen LogP contribution in [0.5, 0.6) is 5.75 Å². The van der Waals surface area contributed by atoms with E-state index in [1.165, 1.54) is 6.08 Å². The van der Waals surface area contributed by atoms with Crippen LogP contribution in [0, 0.1) is 10.1 Å². The fourth-order valence-corrected chi connectivity index (χ4v) is 1.73. The molecule has 1 aromatic rings. The Morgan fingerprint density at radius 1 is 1.40 bits per heavy atom. The van der Waals surface area contributed by atoms with Gasteiger partial charge in [0.25, 0.3) is 5.69 Å². The first kappa shape index (κ1) is 16.0. The number of allylic oxidation sites excluding steroid dienone is 1. The van der Waals surface area contributed by atoms with Crippen molar-refractivity contribution in [1.82, 2.24) is 0 Å². The fourth-order valence-electron chi connectivity index (χ4n) is 1.24. The van der Waals surface area contributed by atoms with Gasteiger partial charge in [0.15, 0.2) is 0 Å². The Balaban J connectivity index is 3.25. The Bertz CT molecular complexity index is 639. The lowest BCUT2D eigenvalue weighted by atomic mass is 10.1. The fraction of sp³-hybridized carbons (Fsp3) is 0.200. The van der Waals surface area contributed by atoms with Crippen molar-refractivity contribution in [3.63, 3.8) is 0 Å². The quantitative estimate of drug-likeness (QED) is 0.274. The number of nitrogens with zero attached hydrogens (tertiary/aromatic N) is 1. The van der Waals surface area contributed by atoms with Crippen molar-refractivity contribution in [3.8, 4) is 5.75 Å². The summed E-state index contributed by atoms with van der Waals surface area (Å²) in [6.07, 6.45) is 1.15. The van der Waals surface area contributed by atoms with E-state index in [0.717, 1.165) is 18.2 Å². The van der Waals surface area contributed by atoms with Crippen LogP contribution in [0.4, 0.5) is 18.9 Å². The average molecular weight is 311 g/mol. The minimum atomic E-state index is -5.83. The first-order valence-electron chi connectivity index (χ1n) is 4.97. The maximum absolute atomic E-state index is 12.2. The lowest BCUT2D eigenvalue weighted by molar-refractivity contribution is -0.384. The first-order chi connectivity index (χ1) is 9.08. The van der Waals surface area contributed by atoms with Crippen LogP contribution in [0.3, 0.4) is 0 Å². The number of alkyl halides is 3. The number of nitro benzene ring substituents is 1. The number of nitro groups is 1. The zero-order chi connectivity index (χ0) is 15.6. The largest absolute Gasteiger partial charge is 0.534 e. The van der Waals surface area contributed by atoms with Crippen LogP contribution in [0.2, 0.25) is 0 Å². The molecule has 20 heavy (non-hydrogen) atoms. The third-order valence-corrected chi connectivity index (χ3v) is 3.07. The van der Waals surface area contributed by atoms with Crippen LogP contribution in [-0.2, 0) is 16.5 Å². The summed E-state index contributed by atoms with van der Waals surface area (Å²) in [4.78, 5) is 9.78.